The number of benzene rings is 1. The maximum absolute atomic E-state index is 9.84. The molecule has 0 saturated carbocycles. The second kappa shape index (κ2) is 6.38. The number of nitrogens with zero attached hydrogens (tertiary/aromatic N) is 2. The van der Waals surface area contributed by atoms with Crippen LogP contribution in [0.5, 0.6) is 5.75 Å². The number of aromatic nitrogens is 1. The van der Waals surface area contributed by atoms with E-state index in [1.807, 2.05) is 12.1 Å². The first kappa shape index (κ1) is 14.3. The lowest BCUT2D eigenvalue weighted by molar-refractivity contribution is 0.474. The van der Waals surface area contributed by atoms with Gasteiger partial charge in [0.25, 0.3) is 0 Å². The number of aromatic hydroxyl groups is 1. The van der Waals surface area contributed by atoms with Crippen molar-refractivity contribution in [3.05, 3.63) is 34.7 Å². The average Bonchev–Trinajstić information content (AvgIpc) is 2.85. The molecule has 0 fully saturated rings. The predicted molar refractivity (Wildman–Crippen MR) is 84.6 cm³/mol. The number of hydrazone groups is 1. The van der Waals surface area contributed by atoms with E-state index in [2.05, 4.69) is 29.4 Å². The molecule has 1 heterocycles. The Morgan fingerprint density at radius 1 is 1.55 bits per heavy atom. The number of rotatable bonds is 5. The third-order valence-electron chi connectivity index (χ3n) is 3.12. The molecule has 0 radical (unpaired) electrons. The molecule has 1 aromatic carbocycles. The molecule has 106 valence electrons. The molecular formula is C14H18N4OS. The van der Waals surface area contributed by atoms with Gasteiger partial charge in [-0.1, -0.05) is 19.9 Å². The van der Waals surface area contributed by atoms with E-state index in [1.165, 1.54) is 16.9 Å². The minimum absolute atomic E-state index is 0.209. The molecule has 2 aromatic rings. The molecule has 1 aromatic heterocycles. The number of nitrogens with two attached hydrogens (primary N) is 1. The number of phenolic OH excluding ortho intramolecular Hbond substituents is 1. The first-order valence-corrected chi connectivity index (χ1v) is 7.31. The van der Waals surface area contributed by atoms with Gasteiger partial charge in [-0.25, -0.2) is 4.98 Å². The first-order chi connectivity index (χ1) is 9.60. The zero-order chi connectivity index (χ0) is 14.5. The number of nitrogen functional groups attached to an aromatic ring is 1. The summed E-state index contributed by atoms with van der Waals surface area (Å²) >= 11 is 1.38. The largest absolute Gasteiger partial charge is 0.507 e. The molecular weight excluding hydrogens is 272 g/mol. The summed E-state index contributed by atoms with van der Waals surface area (Å²) in [5.41, 5.74) is 10.2. The fourth-order valence-corrected chi connectivity index (χ4v) is 2.26. The van der Waals surface area contributed by atoms with Crippen LogP contribution in [0.4, 0.5) is 10.9 Å². The highest BCUT2D eigenvalue weighted by Crippen LogP contribution is 2.24. The van der Waals surface area contributed by atoms with E-state index in [1.54, 1.807) is 17.7 Å². The van der Waals surface area contributed by atoms with Crippen molar-refractivity contribution in [1.29, 1.82) is 0 Å². The van der Waals surface area contributed by atoms with Crippen LogP contribution < -0.4 is 11.2 Å². The standard InChI is InChI=1S/C14H18N4OS/c1-3-9(2)10-4-5-12(19)11(6-10)7-16-18-14-17-13(15)8-20-14/h4-9,19H,3,15H2,1-2H3,(H,17,18). The van der Waals surface area contributed by atoms with E-state index in [0.29, 0.717) is 22.4 Å². The highest BCUT2D eigenvalue weighted by atomic mass is 32.1. The van der Waals surface area contributed by atoms with Crippen molar-refractivity contribution < 1.29 is 5.11 Å². The van der Waals surface area contributed by atoms with Gasteiger partial charge < -0.3 is 10.8 Å². The number of hydrogen-bond donors (Lipinski definition) is 3. The van der Waals surface area contributed by atoms with Crippen LogP contribution in [0.1, 0.15) is 37.3 Å². The van der Waals surface area contributed by atoms with Gasteiger partial charge in [0.2, 0.25) is 5.13 Å². The van der Waals surface area contributed by atoms with E-state index in [-0.39, 0.29) is 5.75 Å². The molecule has 20 heavy (non-hydrogen) atoms. The first-order valence-electron chi connectivity index (χ1n) is 6.43. The average molecular weight is 290 g/mol. The van der Waals surface area contributed by atoms with Gasteiger partial charge in [-0.3, -0.25) is 5.43 Å². The van der Waals surface area contributed by atoms with Gasteiger partial charge in [0.15, 0.2) is 0 Å². The van der Waals surface area contributed by atoms with Crippen molar-refractivity contribution in [1.82, 2.24) is 4.98 Å². The molecule has 5 nitrogen and oxygen atoms in total. The number of anilines is 2. The molecule has 0 aliphatic rings. The summed E-state index contributed by atoms with van der Waals surface area (Å²) in [6.45, 7) is 4.30. The second-order valence-corrected chi connectivity index (χ2v) is 5.43. The van der Waals surface area contributed by atoms with Crippen LogP contribution in [-0.2, 0) is 0 Å². The van der Waals surface area contributed by atoms with Crippen LogP contribution in [0.3, 0.4) is 0 Å². The Morgan fingerprint density at radius 3 is 3.00 bits per heavy atom. The van der Waals surface area contributed by atoms with Crippen LogP contribution in [-0.4, -0.2) is 16.3 Å². The molecule has 1 unspecified atom stereocenters. The molecule has 2 rings (SSSR count). The number of thiazole rings is 1. The Balaban J connectivity index is 2.11. The molecule has 1 atom stereocenters. The van der Waals surface area contributed by atoms with Crippen LogP contribution in [0.2, 0.25) is 0 Å². The van der Waals surface area contributed by atoms with E-state index >= 15 is 0 Å². The number of hydrogen-bond acceptors (Lipinski definition) is 6. The summed E-state index contributed by atoms with van der Waals surface area (Å²) in [6.07, 6.45) is 2.64. The van der Waals surface area contributed by atoms with E-state index in [9.17, 15) is 5.11 Å². The van der Waals surface area contributed by atoms with Crippen LogP contribution in [0.15, 0.2) is 28.7 Å². The zero-order valence-electron chi connectivity index (χ0n) is 11.5. The Labute approximate surface area is 122 Å². The quantitative estimate of drug-likeness (QED) is 0.582. The molecule has 0 saturated heterocycles. The normalized spacial score (nSPS) is 12.7. The molecule has 0 aliphatic heterocycles. The summed E-state index contributed by atoms with van der Waals surface area (Å²) in [6, 6.07) is 5.59. The van der Waals surface area contributed by atoms with Gasteiger partial charge in [0.05, 0.1) is 6.21 Å². The lowest BCUT2D eigenvalue weighted by Crippen LogP contribution is -1.95. The SMILES string of the molecule is CCC(C)c1ccc(O)c(C=NNc2nc(N)cs2)c1. The van der Waals surface area contributed by atoms with Crippen molar-refractivity contribution in [3.63, 3.8) is 0 Å². The topological polar surface area (TPSA) is 83.5 Å². The van der Waals surface area contributed by atoms with Crippen molar-refractivity contribution >= 4 is 28.5 Å². The van der Waals surface area contributed by atoms with Crippen LogP contribution in [0.25, 0.3) is 0 Å². The minimum Gasteiger partial charge on any atom is -0.507 e. The lowest BCUT2D eigenvalue weighted by Gasteiger charge is -2.10. The predicted octanol–water partition coefficient (Wildman–Crippen LogP) is 3.39. The Bertz CT molecular complexity index is 609. The Kier molecular flexibility index (Phi) is 4.57. The maximum Gasteiger partial charge on any atom is 0.205 e. The molecule has 0 bridgehead atoms. The van der Waals surface area contributed by atoms with Gasteiger partial charge >= 0.3 is 0 Å². The van der Waals surface area contributed by atoms with Gasteiger partial charge in [-0.2, -0.15) is 5.10 Å². The molecule has 0 amide bonds. The van der Waals surface area contributed by atoms with Gasteiger partial charge in [0, 0.05) is 10.9 Å². The third-order valence-corrected chi connectivity index (χ3v) is 3.88. The van der Waals surface area contributed by atoms with Crippen molar-refractivity contribution in [2.24, 2.45) is 5.10 Å². The Morgan fingerprint density at radius 2 is 2.35 bits per heavy atom. The molecule has 0 spiro atoms. The van der Waals surface area contributed by atoms with Crippen molar-refractivity contribution in [2.75, 3.05) is 11.2 Å². The van der Waals surface area contributed by atoms with E-state index < -0.39 is 0 Å². The highest BCUT2D eigenvalue weighted by molar-refractivity contribution is 7.14. The smallest absolute Gasteiger partial charge is 0.205 e. The number of nitrogens with one attached hydrogen (secondary N) is 1. The molecule has 0 aliphatic carbocycles. The fraction of sp³-hybridized carbons (Fsp3) is 0.286. The van der Waals surface area contributed by atoms with E-state index in [4.69, 9.17) is 5.73 Å². The summed E-state index contributed by atoms with van der Waals surface area (Å²) in [4.78, 5) is 4.03. The highest BCUT2D eigenvalue weighted by Gasteiger charge is 2.06. The summed E-state index contributed by atoms with van der Waals surface area (Å²) in [5, 5.41) is 16.3. The summed E-state index contributed by atoms with van der Waals surface area (Å²) in [7, 11) is 0. The lowest BCUT2D eigenvalue weighted by atomic mass is 9.97. The second-order valence-electron chi connectivity index (χ2n) is 4.58. The van der Waals surface area contributed by atoms with Crippen LogP contribution >= 0.6 is 11.3 Å². The van der Waals surface area contributed by atoms with Gasteiger partial charge in [-0.05, 0) is 30.0 Å². The van der Waals surface area contributed by atoms with Crippen LogP contribution in [0, 0.1) is 0 Å². The third kappa shape index (κ3) is 3.48. The minimum atomic E-state index is 0.209. The molecule has 4 N–H and O–H groups in total. The summed E-state index contributed by atoms with van der Waals surface area (Å²) in [5.74, 6) is 1.13. The van der Waals surface area contributed by atoms with Crippen molar-refractivity contribution in [3.8, 4) is 5.75 Å². The number of phenols is 1. The monoisotopic (exact) mass is 290 g/mol. The molecule has 6 heteroatoms. The van der Waals surface area contributed by atoms with E-state index in [0.717, 1.165) is 6.42 Å². The Hall–Kier alpha value is -2.08. The zero-order valence-corrected chi connectivity index (χ0v) is 12.3. The summed E-state index contributed by atoms with van der Waals surface area (Å²) < 4.78 is 0. The maximum atomic E-state index is 9.84. The van der Waals surface area contributed by atoms with Gasteiger partial charge in [-0.15, -0.1) is 11.3 Å². The fourth-order valence-electron chi connectivity index (χ4n) is 1.71. The van der Waals surface area contributed by atoms with Crippen molar-refractivity contribution in [2.45, 2.75) is 26.2 Å². The van der Waals surface area contributed by atoms with Gasteiger partial charge in [0.1, 0.15) is 11.6 Å².